The van der Waals surface area contributed by atoms with Crippen molar-refractivity contribution < 1.29 is 9.59 Å². The third-order valence-electron chi connectivity index (χ3n) is 6.22. The van der Waals surface area contributed by atoms with Crippen molar-refractivity contribution in [3.8, 4) is 5.69 Å². The summed E-state index contributed by atoms with van der Waals surface area (Å²) >= 11 is 0. The number of hydrogen-bond donors (Lipinski definition) is 0. The average molecular weight is 365 g/mol. The summed E-state index contributed by atoms with van der Waals surface area (Å²) in [5.74, 6) is -0.178. The lowest BCUT2D eigenvalue weighted by atomic mass is 9.78. The number of ketones is 1. The summed E-state index contributed by atoms with van der Waals surface area (Å²) in [6.45, 7) is 4.39. The first-order chi connectivity index (χ1) is 13.1. The van der Waals surface area contributed by atoms with Crippen molar-refractivity contribution >= 4 is 11.7 Å². The van der Waals surface area contributed by atoms with Crippen molar-refractivity contribution in [2.24, 2.45) is 5.92 Å². The van der Waals surface area contributed by atoms with Gasteiger partial charge >= 0.3 is 0 Å². The Morgan fingerprint density at radius 3 is 2.48 bits per heavy atom. The molecule has 1 aliphatic carbocycles. The van der Waals surface area contributed by atoms with Crippen molar-refractivity contribution in [3.05, 3.63) is 47.3 Å². The number of carbonyl (C=O) groups is 2. The Kier molecular flexibility index (Phi) is 4.85. The van der Waals surface area contributed by atoms with E-state index in [0.29, 0.717) is 23.7 Å². The molecule has 5 heteroatoms. The Morgan fingerprint density at radius 2 is 1.70 bits per heavy atom. The maximum Gasteiger partial charge on any atom is 0.295 e. The summed E-state index contributed by atoms with van der Waals surface area (Å²) in [6.07, 6.45) is 6.81. The SMILES string of the molecule is Cc1nn(-c2ccccc2)c(C)c1C(=O)C(=O)N1CCCC2CCCCC21. The molecule has 0 radical (unpaired) electrons. The van der Waals surface area contributed by atoms with Crippen molar-refractivity contribution in [1.82, 2.24) is 14.7 Å². The lowest BCUT2D eigenvalue weighted by Gasteiger charge is -2.43. The largest absolute Gasteiger partial charge is 0.333 e. The lowest BCUT2D eigenvalue weighted by Crippen LogP contribution is -2.51. The summed E-state index contributed by atoms with van der Waals surface area (Å²) < 4.78 is 1.76. The van der Waals surface area contributed by atoms with Gasteiger partial charge in [0, 0.05) is 12.6 Å². The molecule has 142 valence electrons. The summed E-state index contributed by atoms with van der Waals surface area (Å²) in [5, 5.41) is 4.54. The van der Waals surface area contributed by atoms with E-state index in [-0.39, 0.29) is 11.9 Å². The summed E-state index contributed by atoms with van der Waals surface area (Å²) in [6, 6.07) is 9.97. The Bertz CT molecular complexity index is 854. The monoisotopic (exact) mass is 365 g/mol. The third kappa shape index (κ3) is 3.20. The zero-order chi connectivity index (χ0) is 19.0. The Balaban J connectivity index is 1.63. The molecule has 27 heavy (non-hydrogen) atoms. The number of hydrogen-bond acceptors (Lipinski definition) is 3. The molecular weight excluding hydrogens is 338 g/mol. The van der Waals surface area contributed by atoms with Crippen LogP contribution in [-0.4, -0.2) is 39.0 Å². The standard InChI is InChI=1S/C22H27N3O2/c1-15-20(16(2)25(23-15)18-11-4-3-5-12-18)21(26)22(27)24-14-8-10-17-9-6-7-13-19(17)24/h3-5,11-12,17,19H,6-10,13-14H2,1-2H3. The van der Waals surface area contributed by atoms with Crippen molar-refractivity contribution in [3.63, 3.8) is 0 Å². The number of nitrogens with zero attached hydrogens (tertiary/aromatic N) is 3. The molecule has 1 aliphatic heterocycles. The third-order valence-corrected chi connectivity index (χ3v) is 6.22. The fraction of sp³-hybridized carbons (Fsp3) is 0.500. The number of likely N-dealkylation sites (tertiary alicyclic amines) is 1. The number of para-hydroxylation sites is 1. The molecule has 2 aromatic rings. The molecule has 5 nitrogen and oxygen atoms in total. The first-order valence-electron chi connectivity index (χ1n) is 10.0. The highest BCUT2D eigenvalue weighted by atomic mass is 16.2. The van der Waals surface area contributed by atoms with E-state index in [2.05, 4.69) is 5.10 Å². The van der Waals surface area contributed by atoms with Gasteiger partial charge in [-0.1, -0.05) is 31.0 Å². The number of carbonyl (C=O) groups excluding carboxylic acids is 2. The predicted molar refractivity (Wildman–Crippen MR) is 104 cm³/mol. The fourth-order valence-electron chi connectivity index (χ4n) is 4.91. The highest BCUT2D eigenvalue weighted by Gasteiger charge is 2.39. The normalized spacial score (nSPS) is 22.4. The summed E-state index contributed by atoms with van der Waals surface area (Å²) in [5.41, 5.74) is 2.71. The maximum atomic E-state index is 13.2. The van der Waals surface area contributed by atoms with Gasteiger partial charge in [0.15, 0.2) is 0 Å². The molecule has 0 bridgehead atoms. The van der Waals surface area contributed by atoms with E-state index >= 15 is 0 Å². The van der Waals surface area contributed by atoms with Gasteiger partial charge in [-0.15, -0.1) is 0 Å². The second kappa shape index (κ2) is 7.29. The Labute approximate surface area is 160 Å². The fourth-order valence-corrected chi connectivity index (χ4v) is 4.91. The van der Waals surface area contributed by atoms with E-state index in [1.54, 1.807) is 4.68 Å². The van der Waals surface area contributed by atoms with E-state index in [0.717, 1.165) is 30.6 Å². The number of rotatable bonds is 3. The Morgan fingerprint density at radius 1 is 1.00 bits per heavy atom. The Hall–Kier alpha value is -2.43. The highest BCUT2D eigenvalue weighted by molar-refractivity contribution is 6.43. The average Bonchev–Trinajstić information content (AvgIpc) is 3.01. The van der Waals surface area contributed by atoms with Gasteiger partial charge in [0.1, 0.15) is 0 Å². The van der Waals surface area contributed by atoms with Crippen LogP contribution in [0.15, 0.2) is 30.3 Å². The topological polar surface area (TPSA) is 55.2 Å². The van der Waals surface area contributed by atoms with Crippen molar-refractivity contribution in [2.45, 2.75) is 58.4 Å². The van der Waals surface area contributed by atoms with Crippen LogP contribution in [0.1, 0.15) is 60.3 Å². The molecule has 1 amide bonds. The van der Waals surface area contributed by atoms with Crippen LogP contribution in [0.3, 0.4) is 0 Å². The number of fused-ring (bicyclic) bond motifs is 1. The van der Waals surface area contributed by atoms with Crippen LogP contribution in [0.25, 0.3) is 5.69 Å². The smallest absolute Gasteiger partial charge is 0.295 e. The van der Waals surface area contributed by atoms with Crippen LogP contribution in [0.4, 0.5) is 0 Å². The summed E-state index contributed by atoms with van der Waals surface area (Å²) in [7, 11) is 0. The molecule has 0 spiro atoms. The van der Waals surface area contributed by atoms with Crippen LogP contribution < -0.4 is 0 Å². The molecular formula is C22H27N3O2. The summed E-state index contributed by atoms with van der Waals surface area (Å²) in [4.78, 5) is 28.2. The van der Waals surface area contributed by atoms with Crippen LogP contribution in [0.2, 0.25) is 0 Å². The highest BCUT2D eigenvalue weighted by Crippen LogP contribution is 2.35. The van der Waals surface area contributed by atoms with Crippen molar-refractivity contribution in [2.75, 3.05) is 6.54 Å². The van der Waals surface area contributed by atoms with E-state index in [4.69, 9.17) is 0 Å². The van der Waals surface area contributed by atoms with Crippen molar-refractivity contribution in [1.29, 1.82) is 0 Å². The molecule has 0 N–H and O–H groups in total. The van der Waals surface area contributed by atoms with Crippen LogP contribution >= 0.6 is 0 Å². The second-order valence-corrected chi connectivity index (χ2v) is 7.87. The first-order valence-corrected chi connectivity index (χ1v) is 10.0. The predicted octanol–water partition coefficient (Wildman–Crippen LogP) is 3.85. The minimum absolute atomic E-state index is 0.244. The quantitative estimate of drug-likeness (QED) is 0.613. The van der Waals surface area contributed by atoms with Gasteiger partial charge in [-0.2, -0.15) is 5.10 Å². The van der Waals surface area contributed by atoms with E-state index in [1.807, 2.05) is 49.1 Å². The minimum atomic E-state index is -0.404. The van der Waals surface area contributed by atoms with E-state index < -0.39 is 5.78 Å². The minimum Gasteiger partial charge on any atom is -0.333 e. The van der Waals surface area contributed by atoms with Gasteiger partial charge < -0.3 is 4.90 Å². The number of amides is 1. The van der Waals surface area contributed by atoms with Gasteiger partial charge in [-0.3, -0.25) is 9.59 Å². The van der Waals surface area contributed by atoms with Gasteiger partial charge in [0.05, 0.1) is 22.6 Å². The van der Waals surface area contributed by atoms with E-state index in [9.17, 15) is 9.59 Å². The molecule has 2 unspecified atom stereocenters. The number of piperidine rings is 1. The number of benzene rings is 1. The molecule has 1 saturated carbocycles. The molecule has 2 fully saturated rings. The molecule has 2 heterocycles. The van der Waals surface area contributed by atoms with Gasteiger partial charge in [0.25, 0.3) is 11.7 Å². The van der Waals surface area contributed by atoms with E-state index in [1.165, 1.54) is 19.3 Å². The van der Waals surface area contributed by atoms with Gasteiger partial charge in [-0.05, 0) is 57.6 Å². The molecule has 2 aliphatic rings. The van der Waals surface area contributed by atoms with Gasteiger partial charge in [-0.25, -0.2) is 4.68 Å². The molecule has 4 rings (SSSR count). The van der Waals surface area contributed by atoms with Crippen LogP contribution in [0, 0.1) is 19.8 Å². The molecule has 1 aromatic heterocycles. The molecule has 2 atom stereocenters. The lowest BCUT2D eigenvalue weighted by molar-refractivity contribution is -0.132. The number of aryl methyl sites for hydroxylation is 1. The van der Waals surface area contributed by atoms with Crippen LogP contribution in [0.5, 0.6) is 0 Å². The number of aromatic nitrogens is 2. The second-order valence-electron chi connectivity index (χ2n) is 7.87. The number of Topliss-reactive ketones (excluding diaryl/α,β-unsaturated/α-hetero) is 1. The van der Waals surface area contributed by atoms with Gasteiger partial charge in [0.2, 0.25) is 0 Å². The first kappa shape index (κ1) is 18.0. The molecule has 1 aromatic carbocycles. The zero-order valence-corrected chi connectivity index (χ0v) is 16.1. The zero-order valence-electron chi connectivity index (χ0n) is 16.1. The maximum absolute atomic E-state index is 13.2. The van der Waals surface area contributed by atoms with Crippen LogP contribution in [-0.2, 0) is 4.79 Å². The molecule has 1 saturated heterocycles.